The van der Waals surface area contributed by atoms with E-state index >= 15 is 0 Å². The topological polar surface area (TPSA) is 64.1 Å². The van der Waals surface area contributed by atoms with Crippen LogP contribution in [0.15, 0.2) is 46.9 Å². The van der Waals surface area contributed by atoms with Crippen molar-refractivity contribution in [2.75, 3.05) is 17.6 Å². The Morgan fingerprint density at radius 2 is 1.95 bits per heavy atom. The minimum absolute atomic E-state index is 0.226. The Labute approximate surface area is 115 Å². The molecule has 3 aromatic rings. The van der Waals surface area contributed by atoms with E-state index in [-0.39, 0.29) is 5.82 Å². The van der Waals surface area contributed by atoms with Gasteiger partial charge in [0, 0.05) is 6.54 Å². The summed E-state index contributed by atoms with van der Waals surface area (Å²) >= 11 is 0. The highest BCUT2D eigenvalue weighted by Gasteiger charge is 2.07. The molecule has 0 spiro atoms. The summed E-state index contributed by atoms with van der Waals surface area (Å²) in [7, 11) is 0. The van der Waals surface area contributed by atoms with Gasteiger partial charge in [-0.05, 0) is 36.2 Å². The molecule has 3 rings (SSSR count). The number of fused-ring (bicyclic) bond motifs is 1. The van der Waals surface area contributed by atoms with E-state index in [0.717, 1.165) is 12.0 Å². The summed E-state index contributed by atoms with van der Waals surface area (Å²) < 4.78 is 18.3. The Morgan fingerprint density at radius 3 is 2.70 bits per heavy atom. The van der Waals surface area contributed by atoms with Crippen LogP contribution in [-0.4, -0.2) is 11.5 Å². The molecule has 0 aliphatic rings. The molecule has 0 saturated carbocycles. The van der Waals surface area contributed by atoms with Gasteiger partial charge in [0.25, 0.3) is 6.01 Å². The molecule has 0 unspecified atom stereocenters. The molecule has 4 nitrogen and oxygen atoms in total. The fraction of sp³-hybridized carbons (Fsp3) is 0.133. The first-order valence-electron chi connectivity index (χ1n) is 6.36. The van der Waals surface area contributed by atoms with Gasteiger partial charge in [-0.15, -0.1) is 0 Å². The first kappa shape index (κ1) is 12.5. The van der Waals surface area contributed by atoms with Gasteiger partial charge in [0.15, 0.2) is 5.58 Å². The quantitative estimate of drug-likeness (QED) is 0.715. The lowest BCUT2D eigenvalue weighted by atomic mass is 10.1. The molecule has 0 fully saturated rings. The van der Waals surface area contributed by atoms with Crippen molar-refractivity contribution in [3.05, 3.63) is 53.8 Å². The van der Waals surface area contributed by atoms with Gasteiger partial charge in [-0.3, -0.25) is 0 Å². The number of para-hydroxylation sites is 1. The molecule has 20 heavy (non-hydrogen) atoms. The maximum Gasteiger partial charge on any atom is 0.295 e. The molecule has 0 radical (unpaired) electrons. The molecule has 5 heteroatoms. The van der Waals surface area contributed by atoms with E-state index in [1.54, 1.807) is 18.2 Å². The number of hydrogen-bond donors (Lipinski definition) is 2. The number of nitrogens with zero attached hydrogens (tertiary/aromatic N) is 1. The Kier molecular flexibility index (Phi) is 3.25. The first-order chi connectivity index (χ1) is 9.72. The third kappa shape index (κ3) is 2.56. The summed E-state index contributed by atoms with van der Waals surface area (Å²) in [5.74, 6) is -0.226. The molecular formula is C15H14FN3O. The van der Waals surface area contributed by atoms with E-state index in [1.165, 1.54) is 12.1 Å². The molecule has 0 amide bonds. The third-order valence-electron chi connectivity index (χ3n) is 3.05. The van der Waals surface area contributed by atoms with Gasteiger partial charge >= 0.3 is 0 Å². The summed E-state index contributed by atoms with van der Waals surface area (Å²) in [5, 5.41) is 3.10. The number of nitrogens with one attached hydrogen (secondary N) is 1. The van der Waals surface area contributed by atoms with Gasteiger partial charge in [-0.25, -0.2) is 4.39 Å². The first-order valence-corrected chi connectivity index (χ1v) is 6.36. The highest BCUT2D eigenvalue weighted by atomic mass is 19.1. The molecule has 0 bridgehead atoms. The van der Waals surface area contributed by atoms with Crippen LogP contribution < -0.4 is 11.1 Å². The Bertz CT molecular complexity index is 722. The van der Waals surface area contributed by atoms with Crippen molar-refractivity contribution in [3.63, 3.8) is 0 Å². The molecule has 0 aliphatic carbocycles. The van der Waals surface area contributed by atoms with Gasteiger partial charge in [-0.2, -0.15) is 4.98 Å². The van der Waals surface area contributed by atoms with Crippen LogP contribution in [0.3, 0.4) is 0 Å². The predicted molar refractivity (Wildman–Crippen MR) is 77.0 cm³/mol. The fourth-order valence-corrected chi connectivity index (χ4v) is 2.01. The van der Waals surface area contributed by atoms with Crippen molar-refractivity contribution in [1.29, 1.82) is 0 Å². The summed E-state index contributed by atoms with van der Waals surface area (Å²) in [6, 6.07) is 12.3. The van der Waals surface area contributed by atoms with E-state index in [0.29, 0.717) is 29.3 Å². The Balaban J connectivity index is 1.65. The number of rotatable bonds is 4. The lowest BCUT2D eigenvalue weighted by Gasteiger charge is -2.01. The van der Waals surface area contributed by atoms with Crippen molar-refractivity contribution >= 4 is 22.8 Å². The molecule has 1 heterocycles. The number of hydrogen-bond acceptors (Lipinski definition) is 4. The molecular weight excluding hydrogens is 257 g/mol. The molecule has 1 aromatic heterocycles. The normalized spacial score (nSPS) is 10.8. The minimum Gasteiger partial charge on any atom is -0.423 e. The van der Waals surface area contributed by atoms with Crippen LogP contribution in [0.2, 0.25) is 0 Å². The van der Waals surface area contributed by atoms with Crippen LogP contribution in [0.25, 0.3) is 11.1 Å². The second-order valence-electron chi connectivity index (χ2n) is 4.52. The maximum atomic E-state index is 12.8. The van der Waals surface area contributed by atoms with Crippen molar-refractivity contribution in [3.8, 4) is 0 Å². The van der Waals surface area contributed by atoms with Gasteiger partial charge in [0.05, 0.1) is 5.69 Å². The van der Waals surface area contributed by atoms with Gasteiger partial charge in [-0.1, -0.05) is 18.2 Å². The van der Waals surface area contributed by atoms with Crippen molar-refractivity contribution in [2.45, 2.75) is 6.42 Å². The number of nitrogens with two attached hydrogens (primary N) is 1. The average Bonchev–Trinajstić information content (AvgIpc) is 2.85. The van der Waals surface area contributed by atoms with Gasteiger partial charge < -0.3 is 15.5 Å². The lowest BCUT2D eigenvalue weighted by molar-refractivity contribution is 0.614. The smallest absolute Gasteiger partial charge is 0.295 e. The average molecular weight is 271 g/mol. The zero-order valence-electron chi connectivity index (χ0n) is 10.8. The van der Waals surface area contributed by atoms with Crippen LogP contribution >= 0.6 is 0 Å². The number of benzene rings is 2. The summed E-state index contributed by atoms with van der Waals surface area (Å²) in [6.45, 7) is 0.651. The van der Waals surface area contributed by atoms with Crippen LogP contribution in [0.4, 0.5) is 16.1 Å². The highest BCUT2D eigenvalue weighted by molar-refractivity contribution is 5.86. The van der Waals surface area contributed by atoms with Crippen molar-refractivity contribution < 1.29 is 8.81 Å². The Morgan fingerprint density at radius 1 is 1.15 bits per heavy atom. The van der Waals surface area contributed by atoms with E-state index in [9.17, 15) is 4.39 Å². The van der Waals surface area contributed by atoms with Crippen LogP contribution in [0.5, 0.6) is 0 Å². The standard InChI is InChI=1S/C15H14FN3O/c16-11-6-4-10(5-7-11)8-9-18-15-19-14-12(17)2-1-3-13(14)20-15/h1-7H,8-9,17H2,(H,18,19). The van der Waals surface area contributed by atoms with Crippen LogP contribution in [0.1, 0.15) is 5.56 Å². The molecule has 0 saturated heterocycles. The summed E-state index contributed by atoms with van der Waals surface area (Å²) in [4.78, 5) is 4.29. The number of nitrogen functional groups attached to an aromatic ring is 1. The number of anilines is 2. The molecule has 102 valence electrons. The zero-order chi connectivity index (χ0) is 13.9. The Hall–Kier alpha value is -2.56. The second-order valence-corrected chi connectivity index (χ2v) is 4.52. The van der Waals surface area contributed by atoms with E-state index < -0.39 is 0 Å². The van der Waals surface area contributed by atoms with E-state index in [4.69, 9.17) is 10.2 Å². The monoisotopic (exact) mass is 271 g/mol. The van der Waals surface area contributed by atoms with Crippen molar-refractivity contribution in [2.24, 2.45) is 0 Å². The largest absolute Gasteiger partial charge is 0.423 e. The lowest BCUT2D eigenvalue weighted by Crippen LogP contribution is -2.04. The zero-order valence-corrected chi connectivity index (χ0v) is 10.8. The number of aromatic nitrogens is 1. The number of halogens is 1. The third-order valence-corrected chi connectivity index (χ3v) is 3.05. The van der Waals surface area contributed by atoms with Gasteiger partial charge in [0.1, 0.15) is 11.3 Å². The molecule has 0 atom stereocenters. The maximum absolute atomic E-state index is 12.8. The van der Waals surface area contributed by atoms with Crippen LogP contribution in [-0.2, 0) is 6.42 Å². The summed E-state index contributed by atoms with van der Waals surface area (Å²) in [5.41, 5.74) is 8.79. The van der Waals surface area contributed by atoms with Gasteiger partial charge in [0.2, 0.25) is 0 Å². The number of oxazole rings is 1. The van der Waals surface area contributed by atoms with E-state index in [2.05, 4.69) is 10.3 Å². The predicted octanol–water partition coefficient (Wildman–Crippen LogP) is 3.20. The highest BCUT2D eigenvalue weighted by Crippen LogP contribution is 2.23. The summed E-state index contributed by atoms with van der Waals surface area (Å²) in [6.07, 6.45) is 0.758. The molecule has 3 N–H and O–H groups in total. The van der Waals surface area contributed by atoms with Crippen molar-refractivity contribution in [1.82, 2.24) is 4.98 Å². The SMILES string of the molecule is Nc1cccc2oc(NCCc3ccc(F)cc3)nc12. The molecule has 2 aromatic carbocycles. The fourth-order valence-electron chi connectivity index (χ4n) is 2.01. The molecule has 0 aliphatic heterocycles. The minimum atomic E-state index is -0.226. The van der Waals surface area contributed by atoms with E-state index in [1.807, 2.05) is 12.1 Å². The van der Waals surface area contributed by atoms with Crippen LogP contribution in [0, 0.1) is 5.82 Å². The second kappa shape index (κ2) is 5.21.